The normalized spacial score (nSPS) is 12.1. The fourth-order valence-electron chi connectivity index (χ4n) is 2.29. The van der Waals surface area contributed by atoms with Gasteiger partial charge in [-0.1, -0.05) is 6.07 Å². The van der Waals surface area contributed by atoms with Crippen LogP contribution >= 0.6 is 0 Å². The minimum atomic E-state index is -4.39. The summed E-state index contributed by atoms with van der Waals surface area (Å²) in [6, 6.07) is 10.2. The Balaban J connectivity index is 1.82. The zero-order valence-corrected chi connectivity index (χ0v) is 15.7. The van der Waals surface area contributed by atoms with Crippen LogP contribution in [0.5, 0.6) is 0 Å². The van der Waals surface area contributed by atoms with Crippen molar-refractivity contribution in [1.82, 2.24) is 4.72 Å². The van der Waals surface area contributed by atoms with E-state index in [9.17, 15) is 25.6 Å². The minimum absolute atomic E-state index is 0.0912. The van der Waals surface area contributed by atoms with Crippen LogP contribution in [0.25, 0.3) is 0 Å². The Bertz CT molecular complexity index is 1190. The minimum Gasteiger partial charge on any atom is -0.468 e. The first-order chi connectivity index (χ1) is 13.2. The van der Waals surface area contributed by atoms with Crippen LogP contribution in [0.4, 0.5) is 14.5 Å². The molecule has 1 aromatic heterocycles. The van der Waals surface area contributed by atoms with Crippen molar-refractivity contribution in [1.29, 1.82) is 0 Å². The Morgan fingerprint density at radius 1 is 0.893 bits per heavy atom. The fraction of sp³-hybridized carbons (Fsp3) is 0.0588. The summed E-state index contributed by atoms with van der Waals surface area (Å²) in [4.78, 5) is -0.975. The van der Waals surface area contributed by atoms with E-state index in [4.69, 9.17) is 4.42 Å². The molecule has 0 saturated carbocycles. The van der Waals surface area contributed by atoms with Crippen LogP contribution in [0, 0.1) is 11.6 Å². The van der Waals surface area contributed by atoms with Crippen molar-refractivity contribution in [2.45, 2.75) is 16.3 Å². The summed E-state index contributed by atoms with van der Waals surface area (Å²) in [7, 11) is -8.35. The van der Waals surface area contributed by atoms with E-state index in [1.165, 1.54) is 24.5 Å². The van der Waals surface area contributed by atoms with E-state index in [1.807, 2.05) is 0 Å². The predicted octanol–water partition coefficient (Wildman–Crippen LogP) is 2.84. The summed E-state index contributed by atoms with van der Waals surface area (Å²) in [6.07, 6.45) is 1.40. The van der Waals surface area contributed by atoms with E-state index in [0.717, 1.165) is 18.2 Å². The zero-order chi connectivity index (χ0) is 20.4. The van der Waals surface area contributed by atoms with Gasteiger partial charge in [-0.05, 0) is 42.5 Å². The number of anilines is 1. The van der Waals surface area contributed by atoms with Gasteiger partial charge in [0, 0.05) is 6.07 Å². The molecular weight excluding hydrogens is 414 g/mol. The third-order valence-electron chi connectivity index (χ3n) is 3.60. The summed E-state index contributed by atoms with van der Waals surface area (Å²) < 4.78 is 85.6. The van der Waals surface area contributed by atoms with Gasteiger partial charge in [0.15, 0.2) is 0 Å². The Morgan fingerprint density at radius 3 is 2.36 bits per heavy atom. The monoisotopic (exact) mass is 428 g/mol. The van der Waals surface area contributed by atoms with Crippen molar-refractivity contribution >= 4 is 25.7 Å². The SMILES string of the molecule is O=S(=O)(NCc1ccco1)c1cccc(NS(=O)(=O)c2ccc(F)cc2F)c1. The second-order valence-corrected chi connectivity index (χ2v) is 9.03. The maximum atomic E-state index is 13.8. The Kier molecular flexibility index (Phi) is 5.49. The molecule has 28 heavy (non-hydrogen) atoms. The van der Waals surface area contributed by atoms with Crippen molar-refractivity contribution in [2.75, 3.05) is 4.72 Å². The fourth-order valence-corrected chi connectivity index (χ4v) is 4.44. The molecule has 3 aromatic rings. The predicted molar refractivity (Wildman–Crippen MR) is 96.3 cm³/mol. The van der Waals surface area contributed by atoms with E-state index < -0.39 is 36.6 Å². The van der Waals surface area contributed by atoms with Crippen molar-refractivity contribution in [2.24, 2.45) is 0 Å². The van der Waals surface area contributed by atoms with Gasteiger partial charge in [-0.15, -0.1) is 0 Å². The molecule has 0 aliphatic carbocycles. The summed E-state index contributed by atoms with van der Waals surface area (Å²) in [5.74, 6) is -1.80. The topological polar surface area (TPSA) is 105 Å². The zero-order valence-electron chi connectivity index (χ0n) is 14.1. The summed E-state index contributed by atoms with van der Waals surface area (Å²) >= 11 is 0. The lowest BCUT2D eigenvalue weighted by molar-refractivity contribution is 0.498. The first kappa shape index (κ1) is 20.0. The van der Waals surface area contributed by atoms with Crippen molar-refractivity contribution < 1.29 is 30.0 Å². The molecule has 0 amide bonds. The molecule has 2 N–H and O–H groups in total. The van der Waals surface area contributed by atoms with E-state index in [0.29, 0.717) is 11.8 Å². The maximum Gasteiger partial charge on any atom is 0.264 e. The molecule has 0 spiro atoms. The van der Waals surface area contributed by atoms with Crippen molar-refractivity contribution in [3.8, 4) is 0 Å². The average Bonchev–Trinajstić information content (AvgIpc) is 3.13. The van der Waals surface area contributed by atoms with Crippen LogP contribution in [0.1, 0.15) is 5.76 Å². The number of nitrogens with one attached hydrogen (secondary N) is 2. The highest BCUT2D eigenvalue weighted by Gasteiger charge is 2.21. The van der Waals surface area contributed by atoms with E-state index in [-0.39, 0.29) is 17.1 Å². The molecule has 0 saturated heterocycles. The van der Waals surface area contributed by atoms with Gasteiger partial charge in [0.2, 0.25) is 10.0 Å². The number of benzene rings is 2. The molecule has 2 aromatic carbocycles. The van der Waals surface area contributed by atoms with E-state index >= 15 is 0 Å². The molecular formula is C17H14F2N2O5S2. The Labute approximate surface area is 160 Å². The van der Waals surface area contributed by atoms with Gasteiger partial charge in [-0.3, -0.25) is 4.72 Å². The molecule has 0 aliphatic heterocycles. The van der Waals surface area contributed by atoms with E-state index in [1.54, 1.807) is 12.1 Å². The first-order valence-electron chi connectivity index (χ1n) is 7.77. The Hall–Kier alpha value is -2.76. The number of hydrogen-bond acceptors (Lipinski definition) is 5. The van der Waals surface area contributed by atoms with E-state index in [2.05, 4.69) is 9.44 Å². The molecule has 0 unspecified atom stereocenters. The molecule has 11 heteroatoms. The smallest absolute Gasteiger partial charge is 0.264 e. The van der Waals surface area contributed by atoms with Crippen molar-refractivity contribution in [3.63, 3.8) is 0 Å². The van der Waals surface area contributed by atoms with Crippen LogP contribution in [-0.2, 0) is 26.6 Å². The quantitative estimate of drug-likeness (QED) is 0.602. The highest BCUT2D eigenvalue weighted by molar-refractivity contribution is 7.92. The number of furan rings is 1. The highest BCUT2D eigenvalue weighted by Crippen LogP contribution is 2.22. The summed E-state index contributed by atoms with van der Waals surface area (Å²) in [5, 5.41) is 0. The highest BCUT2D eigenvalue weighted by atomic mass is 32.2. The average molecular weight is 428 g/mol. The number of hydrogen-bond donors (Lipinski definition) is 2. The molecule has 3 rings (SSSR count). The Morgan fingerprint density at radius 2 is 1.68 bits per heavy atom. The number of rotatable bonds is 7. The maximum absolute atomic E-state index is 13.8. The lowest BCUT2D eigenvalue weighted by atomic mass is 10.3. The van der Waals surface area contributed by atoms with Gasteiger partial charge in [-0.25, -0.2) is 30.3 Å². The molecule has 148 valence electrons. The van der Waals surface area contributed by atoms with Gasteiger partial charge in [0.1, 0.15) is 22.3 Å². The number of halogens is 2. The third-order valence-corrected chi connectivity index (χ3v) is 6.41. The van der Waals surface area contributed by atoms with Crippen LogP contribution in [0.15, 0.2) is 75.1 Å². The second-order valence-electron chi connectivity index (χ2n) is 5.61. The van der Waals surface area contributed by atoms with Crippen LogP contribution < -0.4 is 9.44 Å². The molecule has 7 nitrogen and oxygen atoms in total. The molecule has 0 aliphatic rings. The largest absolute Gasteiger partial charge is 0.468 e. The van der Waals surface area contributed by atoms with Gasteiger partial charge in [0.25, 0.3) is 10.0 Å². The van der Waals surface area contributed by atoms with Gasteiger partial charge >= 0.3 is 0 Å². The van der Waals surface area contributed by atoms with Gasteiger partial charge < -0.3 is 4.42 Å². The summed E-state index contributed by atoms with van der Waals surface area (Å²) in [5.41, 5.74) is -0.107. The first-order valence-corrected chi connectivity index (χ1v) is 10.7. The van der Waals surface area contributed by atoms with Crippen LogP contribution in [0.2, 0.25) is 0 Å². The molecule has 0 radical (unpaired) electrons. The molecule has 0 fully saturated rings. The number of sulfonamides is 2. The third kappa shape index (κ3) is 4.55. The van der Waals surface area contributed by atoms with Crippen molar-refractivity contribution in [3.05, 3.63) is 78.3 Å². The molecule has 1 heterocycles. The molecule has 0 atom stereocenters. The van der Waals surface area contributed by atoms with Gasteiger partial charge in [0.05, 0.1) is 23.4 Å². The molecule has 0 bridgehead atoms. The lowest BCUT2D eigenvalue weighted by Gasteiger charge is -2.11. The standard InChI is InChI=1S/C17H14F2N2O5S2/c18-12-6-7-17(16(19)9-12)28(24,25)21-13-3-1-5-15(10-13)27(22,23)20-11-14-4-2-8-26-14/h1-10,20-21H,11H2. The van der Waals surface area contributed by atoms with Gasteiger partial charge in [-0.2, -0.15) is 0 Å². The van der Waals surface area contributed by atoms with Crippen LogP contribution in [-0.4, -0.2) is 16.8 Å². The van der Waals surface area contributed by atoms with Crippen LogP contribution in [0.3, 0.4) is 0 Å². The lowest BCUT2D eigenvalue weighted by Crippen LogP contribution is -2.23. The summed E-state index contributed by atoms with van der Waals surface area (Å²) in [6.45, 7) is -0.0912. The second kappa shape index (κ2) is 7.70.